The standard InChI is InChI=1S/C26H26N2O4/c1-17-14-23(29)25(21(15-24(30)32-2)18-8-4-3-5-9-18)26(31)28(17)13-12-19-16-27-22-11-7-6-10-20(19)22/h3-11,14,16,21,27,29H,12-13,15H2,1-2H3/t21-/m0/s1. The van der Waals surface area contributed by atoms with Crippen molar-refractivity contribution < 1.29 is 14.6 Å². The average Bonchev–Trinajstić information content (AvgIpc) is 3.21. The van der Waals surface area contributed by atoms with E-state index in [1.54, 1.807) is 17.6 Å². The maximum Gasteiger partial charge on any atom is 0.306 e. The molecule has 2 heterocycles. The fourth-order valence-corrected chi connectivity index (χ4v) is 4.27. The smallest absolute Gasteiger partial charge is 0.306 e. The van der Waals surface area contributed by atoms with E-state index in [4.69, 9.17) is 4.74 Å². The van der Waals surface area contributed by atoms with Crippen LogP contribution in [0.4, 0.5) is 0 Å². The van der Waals surface area contributed by atoms with E-state index in [-0.39, 0.29) is 23.3 Å². The van der Waals surface area contributed by atoms with Crippen molar-refractivity contribution in [3.63, 3.8) is 0 Å². The number of nitrogens with one attached hydrogen (secondary N) is 1. The lowest BCUT2D eigenvalue weighted by Gasteiger charge is -2.20. The van der Waals surface area contributed by atoms with E-state index in [2.05, 4.69) is 11.1 Å². The molecule has 2 N–H and O–H groups in total. The number of aromatic nitrogens is 2. The highest BCUT2D eigenvalue weighted by Gasteiger charge is 2.26. The molecule has 6 nitrogen and oxygen atoms in total. The van der Waals surface area contributed by atoms with Crippen LogP contribution in [0.1, 0.15) is 34.7 Å². The van der Waals surface area contributed by atoms with Crippen LogP contribution in [-0.2, 0) is 22.5 Å². The molecule has 0 spiro atoms. The number of ether oxygens (including phenoxy) is 1. The summed E-state index contributed by atoms with van der Waals surface area (Å²) >= 11 is 0. The number of benzene rings is 2. The van der Waals surface area contributed by atoms with Gasteiger partial charge < -0.3 is 19.4 Å². The van der Waals surface area contributed by atoms with Gasteiger partial charge in [-0.3, -0.25) is 9.59 Å². The van der Waals surface area contributed by atoms with Gasteiger partial charge in [-0.05, 0) is 36.6 Å². The predicted molar refractivity (Wildman–Crippen MR) is 124 cm³/mol. The Morgan fingerprint density at radius 2 is 1.84 bits per heavy atom. The quantitative estimate of drug-likeness (QED) is 0.429. The van der Waals surface area contributed by atoms with E-state index in [1.807, 2.05) is 54.7 Å². The van der Waals surface area contributed by atoms with Gasteiger partial charge in [0.2, 0.25) is 0 Å². The Balaban J connectivity index is 1.73. The molecule has 0 amide bonds. The molecule has 0 radical (unpaired) electrons. The van der Waals surface area contributed by atoms with Gasteiger partial charge in [0.05, 0.1) is 19.1 Å². The zero-order valence-electron chi connectivity index (χ0n) is 18.2. The number of carbonyl (C=O) groups is 1. The average molecular weight is 431 g/mol. The van der Waals surface area contributed by atoms with Crippen LogP contribution in [0.5, 0.6) is 5.75 Å². The lowest BCUT2D eigenvalue weighted by molar-refractivity contribution is -0.140. The van der Waals surface area contributed by atoms with Gasteiger partial charge in [-0.25, -0.2) is 0 Å². The van der Waals surface area contributed by atoms with E-state index in [0.717, 1.165) is 22.0 Å². The third-order valence-corrected chi connectivity index (χ3v) is 5.95. The van der Waals surface area contributed by atoms with Crippen LogP contribution in [-0.4, -0.2) is 27.7 Å². The van der Waals surface area contributed by atoms with E-state index in [9.17, 15) is 14.7 Å². The summed E-state index contributed by atoms with van der Waals surface area (Å²) in [5, 5.41) is 11.9. The molecular weight excluding hydrogens is 404 g/mol. The Morgan fingerprint density at radius 1 is 1.12 bits per heavy atom. The van der Waals surface area contributed by atoms with Gasteiger partial charge in [0, 0.05) is 35.3 Å². The second-order valence-electron chi connectivity index (χ2n) is 7.89. The fourth-order valence-electron chi connectivity index (χ4n) is 4.27. The summed E-state index contributed by atoms with van der Waals surface area (Å²) < 4.78 is 6.53. The number of aryl methyl sites for hydroxylation is 2. The van der Waals surface area contributed by atoms with Gasteiger partial charge >= 0.3 is 5.97 Å². The number of rotatable bonds is 7. The minimum Gasteiger partial charge on any atom is -0.507 e. The molecule has 0 bridgehead atoms. The highest BCUT2D eigenvalue weighted by molar-refractivity contribution is 5.83. The number of esters is 1. The molecule has 32 heavy (non-hydrogen) atoms. The summed E-state index contributed by atoms with van der Waals surface area (Å²) in [6.07, 6.45) is 2.59. The molecule has 0 aliphatic rings. The van der Waals surface area contributed by atoms with Crippen LogP contribution in [0.3, 0.4) is 0 Å². The first kappa shape index (κ1) is 21.4. The molecule has 1 atom stereocenters. The van der Waals surface area contributed by atoms with Gasteiger partial charge in [-0.2, -0.15) is 0 Å². The number of methoxy groups -OCH3 is 1. The summed E-state index contributed by atoms with van der Waals surface area (Å²) in [6.45, 7) is 2.26. The number of carbonyl (C=O) groups excluding carboxylic acids is 1. The zero-order valence-corrected chi connectivity index (χ0v) is 18.2. The Labute approximate surface area is 186 Å². The maximum absolute atomic E-state index is 13.6. The molecule has 0 saturated heterocycles. The van der Waals surface area contributed by atoms with E-state index in [1.165, 1.54) is 7.11 Å². The third kappa shape index (κ3) is 4.17. The Morgan fingerprint density at radius 3 is 2.59 bits per heavy atom. The Bertz CT molecular complexity index is 1300. The van der Waals surface area contributed by atoms with Gasteiger partial charge in [-0.1, -0.05) is 48.5 Å². The topological polar surface area (TPSA) is 84.3 Å². The van der Waals surface area contributed by atoms with Crippen LogP contribution in [0.25, 0.3) is 10.9 Å². The number of pyridine rings is 1. The summed E-state index contributed by atoms with van der Waals surface area (Å²) in [5.41, 5.74) is 3.54. The second-order valence-corrected chi connectivity index (χ2v) is 7.89. The maximum atomic E-state index is 13.6. The Kier molecular flexibility index (Phi) is 6.12. The lowest BCUT2D eigenvalue weighted by atomic mass is 9.88. The second kappa shape index (κ2) is 9.14. The molecule has 2 aromatic heterocycles. The molecule has 0 saturated carbocycles. The predicted octanol–water partition coefficient (Wildman–Crippen LogP) is 4.28. The van der Waals surface area contributed by atoms with Gasteiger partial charge in [0.15, 0.2) is 0 Å². The SMILES string of the molecule is COC(=O)C[C@@H](c1ccccc1)c1c(O)cc(C)n(CCc2c[nH]c3ccccc23)c1=O. The van der Waals surface area contributed by atoms with E-state index >= 15 is 0 Å². The number of nitrogens with zero attached hydrogens (tertiary/aromatic N) is 1. The summed E-state index contributed by atoms with van der Waals surface area (Å²) in [4.78, 5) is 29.0. The van der Waals surface area contributed by atoms with Crippen molar-refractivity contribution >= 4 is 16.9 Å². The summed E-state index contributed by atoms with van der Waals surface area (Å²) in [6, 6.07) is 18.9. The number of hydrogen-bond acceptors (Lipinski definition) is 4. The summed E-state index contributed by atoms with van der Waals surface area (Å²) in [7, 11) is 1.32. The van der Waals surface area contributed by atoms with Gasteiger partial charge in [0.1, 0.15) is 5.75 Å². The number of fused-ring (bicyclic) bond motifs is 1. The minimum absolute atomic E-state index is 0.0329. The molecule has 0 aliphatic heterocycles. The fraction of sp³-hybridized carbons (Fsp3) is 0.231. The van der Waals surface area contributed by atoms with Gasteiger partial charge in [0.25, 0.3) is 5.56 Å². The first-order chi connectivity index (χ1) is 15.5. The van der Waals surface area contributed by atoms with Gasteiger partial charge in [-0.15, -0.1) is 0 Å². The van der Waals surface area contributed by atoms with Crippen LogP contribution < -0.4 is 5.56 Å². The van der Waals surface area contributed by atoms with Crippen molar-refractivity contribution in [2.45, 2.75) is 32.2 Å². The first-order valence-corrected chi connectivity index (χ1v) is 10.6. The monoisotopic (exact) mass is 430 g/mol. The normalized spacial score (nSPS) is 12.1. The largest absolute Gasteiger partial charge is 0.507 e. The molecule has 0 unspecified atom stereocenters. The van der Waals surface area contributed by atoms with Crippen molar-refractivity contribution in [1.82, 2.24) is 9.55 Å². The number of aromatic hydroxyl groups is 1. The molecule has 164 valence electrons. The van der Waals surface area contributed by atoms with Crippen molar-refractivity contribution in [3.05, 3.63) is 99.6 Å². The van der Waals surface area contributed by atoms with Crippen molar-refractivity contribution in [1.29, 1.82) is 0 Å². The van der Waals surface area contributed by atoms with Crippen LogP contribution >= 0.6 is 0 Å². The Hall–Kier alpha value is -3.80. The minimum atomic E-state index is -0.601. The van der Waals surface area contributed by atoms with Crippen molar-refractivity contribution in [2.75, 3.05) is 7.11 Å². The lowest BCUT2D eigenvalue weighted by Crippen LogP contribution is -2.29. The number of aromatic amines is 1. The highest BCUT2D eigenvalue weighted by atomic mass is 16.5. The molecule has 2 aromatic carbocycles. The van der Waals surface area contributed by atoms with Crippen molar-refractivity contribution in [3.8, 4) is 5.75 Å². The highest BCUT2D eigenvalue weighted by Crippen LogP contribution is 2.32. The van der Waals surface area contributed by atoms with E-state index < -0.39 is 11.9 Å². The molecule has 4 rings (SSSR count). The van der Waals surface area contributed by atoms with Crippen LogP contribution in [0.15, 0.2) is 71.7 Å². The number of H-pyrrole nitrogens is 1. The zero-order chi connectivity index (χ0) is 22.7. The molecule has 4 aromatic rings. The first-order valence-electron chi connectivity index (χ1n) is 10.6. The number of hydrogen-bond donors (Lipinski definition) is 2. The molecule has 0 aliphatic carbocycles. The number of para-hydroxylation sites is 1. The molecule has 6 heteroatoms. The molecule has 0 fully saturated rings. The summed E-state index contributed by atoms with van der Waals surface area (Å²) in [5.74, 6) is -1.15. The third-order valence-electron chi connectivity index (χ3n) is 5.95. The van der Waals surface area contributed by atoms with Crippen LogP contribution in [0, 0.1) is 6.92 Å². The van der Waals surface area contributed by atoms with Crippen LogP contribution in [0.2, 0.25) is 0 Å². The van der Waals surface area contributed by atoms with Crippen molar-refractivity contribution in [2.24, 2.45) is 0 Å². The molecular formula is C26H26N2O4. The van der Waals surface area contributed by atoms with E-state index in [0.29, 0.717) is 18.7 Å².